The first-order valence-electron chi connectivity index (χ1n) is 5.26. The van der Waals surface area contributed by atoms with E-state index in [-0.39, 0.29) is 0 Å². The number of hydrogen-bond acceptors (Lipinski definition) is 1. The lowest BCUT2D eigenvalue weighted by Crippen LogP contribution is -2.24. The molecule has 0 amide bonds. The summed E-state index contributed by atoms with van der Waals surface area (Å²) in [6.45, 7) is 5.80. The van der Waals surface area contributed by atoms with Gasteiger partial charge in [0.15, 0.2) is 0 Å². The third-order valence-corrected chi connectivity index (χ3v) is 3.67. The minimum Gasteiger partial charge on any atom is -0.300 e. The molecule has 0 spiro atoms. The second kappa shape index (κ2) is 6.61. The molecule has 0 bridgehead atoms. The van der Waals surface area contributed by atoms with E-state index in [1.807, 2.05) is 0 Å². The summed E-state index contributed by atoms with van der Waals surface area (Å²) in [4.78, 5) is 2.56. The number of alkyl halides is 1. The SMILES string of the molecule is C/C=C/CN1CCCC(CBr)CC1. The number of allylic oxidation sites excluding steroid dienone is 1. The molecule has 0 aromatic rings. The smallest absolute Gasteiger partial charge is 0.0163 e. The Hall–Kier alpha value is 0.180. The van der Waals surface area contributed by atoms with Crippen molar-refractivity contribution in [1.29, 1.82) is 0 Å². The highest BCUT2D eigenvalue weighted by Gasteiger charge is 2.14. The molecule has 1 saturated heterocycles. The molecule has 76 valence electrons. The molecule has 0 aromatic heterocycles. The van der Waals surface area contributed by atoms with Crippen LogP contribution in [0.25, 0.3) is 0 Å². The minimum atomic E-state index is 0.913. The molecule has 13 heavy (non-hydrogen) atoms. The Labute approximate surface area is 90.3 Å². The van der Waals surface area contributed by atoms with Crippen LogP contribution in [0.3, 0.4) is 0 Å². The molecule has 2 heteroatoms. The van der Waals surface area contributed by atoms with Crippen molar-refractivity contribution in [2.45, 2.75) is 26.2 Å². The number of likely N-dealkylation sites (tertiary alicyclic amines) is 1. The molecule has 1 nitrogen and oxygen atoms in total. The van der Waals surface area contributed by atoms with Crippen molar-refractivity contribution >= 4 is 15.9 Å². The van der Waals surface area contributed by atoms with Gasteiger partial charge in [0, 0.05) is 11.9 Å². The molecule has 0 aromatic carbocycles. The summed E-state index contributed by atoms with van der Waals surface area (Å²) in [7, 11) is 0. The van der Waals surface area contributed by atoms with Crippen LogP contribution in [0, 0.1) is 5.92 Å². The monoisotopic (exact) mass is 245 g/mol. The number of rotatable bonds is 3. The van der Waals surface area contributed by atoms with Gasteiger partial charge in [-0.05, 0) is 45.2 Å². The van der Waals surface area contributed by atoms with Crippen LogP contribution in [0.15, 0.2) is 12.2 Å². The normalized spacial score (nSPS) is 26.5. The van der Waals surface area contributed by atoms with Crippen LogP contribution in [-0.2, 0) is 0 Å². The van der Waals surface area contributed by atoms with Crippen LogP contribution in [0.5, 0.6) is 0 Å². The van der Waals surface area contributed by atoms with Crippen LogP contribution < -0.4 is 0 Å². The summed E-state index contributed by atoms with van der Waals surface area (Å²) in [6, 6.07) is 0. The molecular formula is C11H20BrN. The topological polar surface area (TPSA) is 3.24 Å². The van der Waals surface area contributed by atoms with E-state index in [0.29, 0.717) is 0 Å². The first-order valence-corrected chi connectivity index (χ1v) is 6.38. The first kappa shape index (κ1) is 11.3. The molecule has 1 aliphatic rings. The summed E-state index contributed by atoms with van der Waals surface area (Å²) in [5.41, 5.74) is 0. The highest BCUT2D eigenvalue weighted by Crippen LogP contribution is 2.18. The number of hydrogen-bond donors (Lipinski definition) is 0. The van der Waals surface area contributed by atoms with Gasteiger partial charge in [0.05, 0.1) is 0 Å². The maximum atomic E-state index is 3.59. The van der Waals surface area contributed by atoms with Crippen LogP contribution in [-0.4, -0.2) is 29.9 Å². The Morgan fingerprint density at radius 1 is 1.38 bits per heavy atom. The second-order valence-electron chi connectivity index (χ2n) is 3.82. The lowest BCUT2D eigenvalue weighted by atomic mass is 10.0. The van der Waals surface area contributed by atoms with Crippen molar-refractivity contribution in [3.8, 4) is 0 Å². The molecule has 0 radical (unpaired) electrons. The van der Waals surface area contributed by atoms with Crippen molar-refractivity contribution in [2.75, 3.05) is 25.0 Å². The molecule has 1 unspecified atom stereocenters. The van der Waals surface area contributed by atoms with Gasteiger partial charge in [-0.25, -0.2) is 0 Å². The molecule has 1 atom stereocenters. The summed E-state index contributed by atoms with van der Waals surface area (Å²) in [5, 5.41) is 1.18. The van der Waals surface area contributed by atoms with Gasteiger partial charge in [-0.15, -0.1) is 0 Å². The molecule has 0 saturated carbocycles. The van der Waals surface area contributed by atoms with Crippen LogP contribution >= 0.6 is 15.9 Å². The molecule has 1 aliphatic heterocycles. The molecule has 1 heterocycles. The van der Waals surface area contributed by atoms with Gasteiger partial charge in [-0.2, -0.15) is 0 Å². The lowest BCUT2D eigenvalue weighted by Gasteiger charge is -2.17. The van der Waals surface area contributed by atoms with E-state index >= 15 is 0 Å². The first-order chi connectivity index (χ1) is 6.36. The third-order valence-electron chi connectivity index (χ3n) is 2.76. The lowest BCUT2D eigenvalue weighted by molar-refractivity contribution is 0.312. The van der Waals surface area contributed by atoms with Crippen molar-refractivity contribution in [3.05, 3.63) is 12.2 Å². The zero-order valence-corrected chi connectivity index (χ0v) is 10.1. The Morgan fingerprint density at radius 3 is 2.92 bits per heavy atom. The third kappa shape index (κ3) is 4.28. The summed E-state index contributed by atoms with van der Waals surface area (Å²) < 4.78 is 0. The zero-order valence-electron chi connectivity index (χ0n) is 8.51. The molecule has 1 fully saturated rings. The average molecular weight is 246 g/mol. The van der Waals surface area contributed by atoms with Gasteiger partial charge in [0.2, 0.25) is 0 Å². The van der Waals surface area contributed by atoms with Crippen molar-refractivity contribution < 1.29 is 0 Å². The average Bonchev–Trinajstić information content (AvgIpc) is 2.39. The highest BCUT2D eigenvalue weighted by molar-refractivity contribution is 9.09. The predicted molar refractivity (Wildman–Crippen MR) is 62.4 cm³/mol. The fraction of sp³-hybridized carbons (Fsp3) is 0.818. The van der Waals surface area contributed by atoms with E-state index in [1.54, 1.807) is 0 Å². The molecular weight excluding hydrogens is 226 g/mol. The summed E-state index contributed by atoms with van der Waals surface area (Å²) >= 11 is 3.59. The number of nitrogens with zero attached hydrogens (tertiary/aromatic N) is 1. The Morgan fingerprint density at radius 2 is 2.23 bits per heavy atom. The van der Waals surface area contributed by atoms with Gasteiger partial charge in [-0.1, -0.05) is 28.1 Å². The maximum absolute atomic E-state index is 3.59. The molecule has 1 rings (SSSR count). The maximum Gasteiger partial charge on any atom is 0.0163 e. The van der Waals surface area contributed by atoms with E-state index in [0.717, 1.165) is 12.5 Å². The highest BCUT2D eigenvalue weighted by atomic mass is 79.9. The van der Waals surface area contributed by atoms with E-state index in [9.17, 15) is 0 Å². The van der Waals surface area contributed by atoms with E-state index in [4.69, 9.17) is 0 Å². The Kier molecular flexibility index (Phi) is 5.72. The zero-order chi connectivity index (χ0) is 9.52. The summed E-state index contributed by atoms with van der Waals surface area (Å²) in [5.74, 6) is 0.913. The van der Waals surface area contributed by atoms with E-state index in [2.05, 4.69) is 39.9 Å². The van der Waals surface area contributed by atoms with Crippen molar-refractivity contribution in [2.24, 2.45) is 5.92 Å². The van der Waals surface area contributed by atoms with Gasteiger partial charge in [0.25, 0.3) is 0 Å². The summed E-state index contributed by atoms with van der Waals surface area (Å²) in [6.07, 6.45) is 8.54. The van der Waals surface area contributed by atoms with E-state index < -0.39 is 0 Å². The largest absolute Gasteiger partial charge is 0.300 e. The quantitative estimate of drug-likeness (QED) is 0.546. The van der Waals surface area contributed by atoms with Crippen molar-refractivity contribution in [1.82, 2.24) is 4.90 Å². The fourth-order valence-electron chi connectivity index (χ4n) is 1.82. The van der Waals surface area contributed by atoms with Crippen LogP contribution in [0.2, 0.25) is 0 Å². The van der Waals surface area contributed by atoms with Crippen LogP contribution in [0.1, 0.15) is 26.2 Å². The Bertz CT molecular complexity index is 156. The van der Waals surface area contributed by atoms with Gasteiger partial charge < -0.3 is 0 Å². The second-order valence-corrected chi connectivity index (χ2v) is 4.47. The molecule has 0 aliphatic carbocycles. The standard InChI is InChI=1S/C11H20BrN/c1-2-3-7-13-8-4-5-11(10-12)6-9-13/h2-3,11H,4-10H2,1H3/b3-2+. The predicted octanol–water partition coefficient (Wildman–Crippen LogP) is 3.06. The van der Waals surface area contributed by atoms with Gasteiger partial charge in [0.1, 0.15) is 0 Å². The Balaban J connectivity index is 2.27. The van der Waals surface area contributed by atoms with E-state index in [1.165, 1.54) is 37.7 Å². The van der Waals surface area contributed by atoms with Gasteiger partial charge >= 0.3 is 0 Å². The number of halogens is 1. The van der Waals surface area contributed by atoms with Gasteiger partial charge in [-0.3, -0.25) is 4.90 Å². The fourth-order valence-corrected chi connectivity index (χ4v) is 2.46. The minimum absolute atomic E-state index is 0.913. The van der Waals surface area contributed by atoms with Crippen LogP contribution in [0.4, 0.5) is 0 Å². The van der Waals surface area contributed by atoms with Crippen molar-refractivity contribution in [3.63, 3.8) is 0 Å². The molecule has 0 N–H and O–H groups in total.